The fraction of sp³-hybridized carbons (Fsp3) is 0.593. The predicted octanol–water partition coefficient (Wildman–Crippen LogP) is 4.83. The first-order valence-corrected chi connectivity index (χ1v) is 13.8. The van der Waals surface area contributed by atoms with Gasteiger partial charge in [-0.25, -0.2) is 22.7 Å². The molecule has 3 aromatic rings. The van der Waals surface area contributed by atoms with Crippen LogP contribution in [0, 0.1) is 17.8 Å². The number of fused-ring (bicyclic) bond motifs is 1. The molecule has 1 saturated heterocycles. The Kier molecular flexibility index (Phi) is 6.96. The highest BCUT2D eigenvalue weighted by Gasteiger charge is 2.50. The summed E-state index contributed by atoms with van der Waals surface area (Å²) in [6.45, 7) is -0.459. The van der Waals surface area contributed by atoms with Crippen molar-refractivity contribution in [1.29, 1.82) is 0 Å². The molecule has 3 fully saturated rings. The molecular formula is C27H28F6N6O3. The maximum atomic E-state index is 14.7. The lowest BCUT2D eigenvalue weighted by Crippen LogP contribution is -2.47. The van der Waals surface area contributed by atoms with E-state index in [0.29, 0.717) is 17.0 Å². The molecule has 6 rings (SSSR count). The smallest absolute Gasteiger partial charge is 0.364 e. The van der Waals surface area contributed by atoms with Gasteiger partial charge in [-0.1, -0.05) is 5.16 Å². The molecule has 2 amide bonds. The molecule has 3 aliphatic rings. The number of nitrogens with one attached hydrogen (secondary N) is 2. The Bertz CT molecular complexity index is 1490. The van der Waals surface area contributed by atoms with Gasteiger partial charge >= 0.3 is 6.18 Å². The summed E-state index contributed by atoms with van der Waals surface area (Å²) >= 11 is 0. The lowest BCUT2D eigenvalue weighted by atomic mass is 9.81. The lowest BCUT2D eigenvalue weighted by molar-refractivity contribution is -0.183. The summed E-state index contributed by atoms with van der Waals surface area (Å²) in [5.41, 5.74) is -0.875. The summed E-state index contributed by atoms with van der Waals surface area (Å²) in [7, 11) is 0. The van der Waals surface area contributed by atoms with Crippen molar-refractivity contribution in [2.75, 3.05) is 6.54 Å². The van der Waals surface area contributed by atoms with E-state index in [0.717, 1.165) is 6.26 Å². The van der Waals surface area contributed by atoms with Crippen molar-refractivity contribution in [3.63, 3.8) is 0 Å². The SMILES string of the molecule is O=C(N[C@H](c1cn2nc(CC3C[C@@H](C(F)(F)F)CNC3=O)ccc2n1)C1CCC(F)(F)CC1)c1conc1C1(F)CC1. The molecule has 0 bridgehead atoms. The second-order valence-electron chi connectivity index (χ2n) is 11.6. The summed E-state index contributed by atoms with van der Waals surface area (Å²) in [6.07, 6.45) is -2.35. The zero-order chi connectivity index (χ0) is 29.9. The molecule has 1 aliphatic heterocycles. The van der Waals surface area contributed by atoms with Crippen LogP contribution >= 0.6 is 0 Å². The van der Waals surface area contributed by atoms with Crippen LogP contribution in [-0.4, -0.2) is 50.2 Å². The normalized spacial score (nSPS) is 24.8. The molecule has 0 spiro atoms. The Morgan fingerprint density at radius 3 is 2.60 bits per heavy atom. The third kappa shape index (κ3) is 5.69. The molecule has 2 N–H and O–H groups in total. The molecule has 9 nitrogen and oxygen atoms in total. The number of imidazole rings is 1. The van der Waals surface area contributed by atoms with E-state index in [4.69, 9.17) is 4.52 Å². The van der Waals surface area contributed by atoms with E-state index in [2.05, 4.69) is 25.9 Å². The molecule has 4 heterocycles. The number of alkyl halides is 6. The van der Waals surface area contributed by atoms with Crippen molar-refractivity contribution in [3.8, 4) is 0 Å². The Hall–Kier alpha value is -3.65. The van der Waals surface area contributed by atoms with E-state index in [1.165, 1.54) is 10.7 Å². The van der Waals surface area contributed by atoms with E-state index < -0.39 is 59.9 Å². The molecule has 226 valence electrons. The van der Waals surface area contributed by atoms with Crippen molar-refractivity contribution >= 4 is 17.5 Å². The van der Waals surface area contributed by atoms with Gasteiger partial charge in [0, 0.05) is 31.7 Å². The van der Waals surface area contributed by atoms with E-state index in [-0.39, 0.29) is 62.6 Å². The van der Waals surface area contributed by atoms with Gasteiger partial charge in [0.25, 0.3) is 5.91 Å². The zero-order valence-corrected chi connectivity index (χ0v) is 22.3. The number of rotatable bonds is 7. The average molecular weight is 599 g/mol. The van der Waals surface area contributed by atoms with Gasteiger partial charge in [-0.3, -0.25) is 9.59 Å². The minimum atomic E-state index is -4.43. The van der Waals surface area contributed by atoms with E-state index in [1.807, 2.05) is 0 Å². The number of nitrogens with zero attached hydrogens (tertiary/aromatic N) is 4. The number of piperidine rings is 1. The summed E-state index contributed by atoms with van der Waals surface area (Å²) < 4.78 is 88.7. The monoisotopic (exact) mass is 598 g/mol. The highest BCUT2D eigenvalue weighted by atomic mass is 19.4. The van der Waals surface area contributed by atoms with Crippen molar-refractivity contribution < 1.29 is 40.5 Å². The number of halogens is 6. The standard InChI is InChI=1S/C27H28F6N6O3/c28-25(7-8-25)22-18(13-42-38-22)24(41)36-21(14-3-5-26(29,30)6-4-14)19-12-39-20(35-19)2-1-17(37-39)10-15-9-16(27(31,32)33)11-34-23(15)40/h1-2,12-16,21H,3-11H2,(H,34,40)(H,36,41)/t15?,16-,21+/m1/s1. The lowest BCUT2D eigenvalue weighted by Gasteiger charge is -2.33. The van der Waals surface area contributed by atoms with Gasteiger partial charge in [-0.2, -0.15) is 18.3 Å². The number of aromatic nitrogens is 4. The van der Waals surface area contributed by atoms with Crippen LogP contribution in [0.2, 0.25) is 0 Å². The molecule has 2 aliphatic carbocycles. The quantitative estimate of drug-likeness (QED) is 0.377. The summed E-state index contributed by atoms with van der Waals surface area (Å²) in [6, 6.07) is 2.32. The van der Waals surface area contributed by atoms with Crippen LogP contribution in [0.3, 0.4) is 0 Å². The molecule has 15 heteroatoms. The van der Waals surface area contributed by atoms with E-state index in [1.54, 1.807) is 12.1 Å². The van der Waals surface area contributed by atoms with Crippen LogP contribution in [0.25, 0.3) is 5.65 Å². The Labute approximate surface area is 235 Å². The molecule has 0 radical (unpaired) electrons. The average Bonchev–Trinajstić information content (AvgIpc) is 3.31. The van der Waals surface area contributed by atoms with Crippen LogP contribution < -0.4 is 10.6 Å². The van der Waals surface area contributed by atoms with Crippen LogP contribution in [0.4, 0.5) is 26.3 Å². The first-order chi connectivity index (χ1) is 19.8. The Morgan fingerprint density at radius 1 is 1.17 bits per heavy atom. The van der Waals surface area contributed by atoms with Crippen LogP contribution in [-0.2, 0) is 16.9 Å². The van der Waals surface area contributed by atoms with Crippen LogP contribution in [0.5, 0.6) is 0 Å². The van der Waals surface area contributed by atoms with Gasteiger partial charge in [-0.15, -0.1) is 0 Å². The predicted molar refractivity (Wildman–Crippen MR) is 133 cm³/mol. The van der Waals surface area contributed by atoms with Gasteiger partial charge in [-0.05, 0) is 50.2 Å². The number of carbonyl (C=O) groups excluding carboxylic acids is 2. The fourth-order valence-electron chi connectivity index (χ4n) is 5.89. The Balaban J connectivity index is 1.25. The first-order valence-electron chi connectivity index (χ1n) is 13.8. The maximum Gasteiger partial charge on any atom is 0.393 e. The molecule has 1 unspecified atom stereocenters. The summed E-state index contributed by atoms with van der Waals surface area (Å²) in [5, 5.41) is 13.2. The molecule has 0 aromatic carbocycles. The zero-order valence-electron chi connectivity index (χ0n) is 22.3. The van der Waals surface area contributed by atoms with Gasteiger partial charge in [0.15, 0.2) is 11.3 Å². The second kappa shape index (κ2) is 10.3. The van der Waals surface area contributed by atoms with Crippen molar-refractivity contribution in [2.45, 2.75) is 75.2 Å². The van der Waals surface area contributed by atoms with Gasteiger partial charge < -0.3 is 15.2 Å². The van der Waals surface area contributed by atoms with Crippen molar-refractivity contribution in [1.82, 2.24) is 30.4 Å². The summed E-state index contributed by atoms with van der Waals surface area (Å²) in [4.78, 5) is 30.1. The molecule has 3 atom stereocenters. The largest absolute Gasteiger partial charge is 0.393 e. The highest BCUT2D eigenvalue weighted by molar-refractivity contribution is 5.95. The first kappa shape index (κ1) is 28.5. The molecule has 2 saturated carbocycles. The maximum absolute atomic E-state index is 14.7. The van der Waals surface area contributed by atoms with Gasteiger partial charge in [0.1, 0.15) is 17.5 Å². The topological polar surface area (TPSA) is 114 Å². The molecule has 3 aromatic heterocycles. The summed E-state index contributed by atoms with van der Waals surface area (Å²) in [5.74, 6) is -6.94. The van der Waals surface area contributed by atoms with Crippen LogP contribution in [0.1, 0.15) is 78.4 Å². The highest BCUT2D eigenvalue weighted by Crippen LogP contribution is 2.50. The third-order valence-electron chi connectivity index (χ3n) is 8.54. The van der Waals surface area contributed by atoms with Gasteiger partial charge in [0.05, 0.1) is 29.5 Å². The van der Waals surface area contributed by atoms with Crippen molar-refractivity contribution in [3.05, 3.63) is 47.2 Å². The number of hydrogen-bond donors (Lipinski definition) is 2. The third-order valence-corrected chi connectivity index (χ3v) is 8.54. The fourth-order valence-corrected chi connectivity index (χ4v) is 5.89. The minimum Gasteiger partial charge on any atom is -0.364 e. The number of carbonyl (C=O) groups is 2. The van der Waals surface area contributed by atoms with Gasteiger partial charge in [0.2, 0.25) is 11.8 Å². The Morgan fingerprint density at radius 2 is 1.90 bits per heavy atom. The molecular weight excluding hydrogens is 570 g/mol. The van der Waals surface area contributed by atoms with Crippen LogP contribution in [0.15, 0.2) is 29.1 Å². The minimum absolute atomic E-state index is 0.0268. The van der Waals surface area contributed by atoms with Crippen molar-refractivity contribution in [2.24, 2.45) is 17.8 Å². The number of amides is 2. The van der Waals surface area contributed by atoms with E-state index >= 15 is 0 Å². The van der Waals surface area contributed by atoms with E-state index in [9.17, 15) is 35.9 Å². The number of hydrogen-bond acceptors (Lipinski definition) is 6. The second-order valence-corrected chi connectivity index (χ2v) is 11.6. The molecule has 42 heavy (non-hydrogen) atoms.